The van der Waals surface area contributed by atoms with E-state index >= 15 is 0 Å². The molecule has 74 valence electrons. The normalized spacial score (nSPS) is 11.5. The summed E-state index contributed by atoms with van der Waals surface area (Å²) >= 11 is 5.90. The predicted octanol–water partition coefficient (Wildman–Crippen LogP) is 2.14. The van der Waals surface area contributed by atoms with Crippen molar-refractivity contribution >= 4 is 22.5 Å². The second kappa shape index (κ2) is 3.20. The van der Waals surface area contributed by atoms with Crippen molar-refractivity contribution in [2.24, 2.45) is 7.05 Å². The van der Waals surface area contributed by atoms with Gasteiger partial charge in [0, 0.05) is 12.4 Å². The van der Waals surface area contributed by atoms with E-state index in [0.29, 0.717) is 11.1 Å². The van der Waals surface area contributed by atoms with E-state index in [-0.39, 0.29) is 0 Å². The lowest BCUT2D eigenvalue weighted by atomic mass is 10.1. The Labute approximate surface area is 86.9 Å². The molecule has 0 aliphatic rings. The van der Waals surface area contributed by atoms with Gasteiger partial charge in [-0.2, -0.15) is 10.2 Å². The maximum absolute atomic E-state index is 5.90. The Balaban J connectivity index is 2.83. The molecule has 4 nitrogen and oxygen atoms in total. The van der Waals surface area contributed by atoms with Crippen molar-refractivity contribution in [2.75, 3.05) is 0 Å². The molecule has 0 radical (unpaired) electrons. The summed E-state index contributed by atoms with van der Waals surface area (Å²) in [6.45, 7) is 4.23. The molecule has 2 aromatic rings. The predicted molar refractivity (Wildman–Crippen MR) is 55.4 cm³/mol. The zero-order valence-corrected chi connectivity index (χ0v) is 9.08. The molecule has 0 saturated carbocycles. The Morgan fingerprint density at radius 1 is 1.43 bits per heavy atom. The summed E-state index contributed by atoms with van der Waals surface area (Å²) in [5.74, 6) is 0.394. The summed E-state index contributed by atoms with van der Waals surface area (Å²) < 4.78 is 1.84. The van der Waals surface area contributed by atoms with Gasteiger partial charge >= 0.3 is 0 Å². The Hall–Kier alpha value is -1.16. The highest BCUT2D eigenvalue weighted by molar-refractivity contribution is 6.33. The summed E-state index contributed by atoms with van der Waals surface area (Å²) in [6.07, 6.45) is 1.71. The van der Waals surface area contributed by atoms with Crippen LogP contribution in [0.4, 0.5) is 0 Å². The molecule has 2 heterocycles. The number of fused-ring (bicyclic) bond motifs is 1. The van der Waals surface area contributed by atoms with Crippen LogP contribution in [0, 0.1) is 0 Å². The third-order valence-corrected chi connectivity index (χ3v) is 2.46. The van der Waals surface area contributed by atoms with Crippen LogP contribution in [-0.4, -0.2) is 20.0 Å². The number of aryl methyl sites for hydroxylation is 1. The van der Waals surface area contributed by atoms with E-state index in [2.05, 4.69) is 29.1 Å². The summed E-state index contributed by atoms with van der Waals surface area (Å²) in [7, 11) is 1.91. The third-order valence-electron chi connectivity index (χ3n) is 2.20. The minimum absolute atomic E-state index is 0.366. The van der Waals surface area contributed by atoms with Crippen molar-refractivity contribution in [1.82, 2.24) is 20.0 Å². The maximum Gasteiger partial charge on any atom is 0.179 e. The molecule has 14 heavy (non-hydrogen) atoms. The molecule has 0 fully saturated rings. The van der Waals surface area contributed by atoms with Crippen LogP contribution in [0.25, 0.3) is 10.9 Å². The van der Waals surface area contributed by atoms with E-state index in [1.54, 1.807) is 6.20 Å². The first-order chi connectivity index (χ1) is 6.61. The average Bonchev–Trinajstić information content (AvgIpc) is 2.42. The molecule has 0 bridgehead atoms. The molecular formula is C9H11ClN4. The monoisotopic (exact) mass is 210 g/mol. The largest absolute Gasteiger partial charge is 0.271 e. The minimum atomic E-state index is 0.366. The minimum Gasteiger partial charge on any atom is -0.271 e. The van der Waals surface area contributed by atoms with E-state index in [0.717, 1.165) is 16.6 Å². The van der Waals surface area contributed by atoms with Gasteiger partial charge in [-0.3, -0.25) is 4.68 Å². The van der Waals surface area contributed by atoms with Crippen molar-refractivity contribution in [3.8, 4) is 0 Å². The molecule has 0 spiro atoms. The number of hydrogen-bond donors (Lipinski definition) is 0. The first-order valence-electron chi connectivity index (χ1n) is 4.45. The molecule has 0 aliphatic carbocycles. The molecule has 5 heteroatoms. The van der Waals surface area contributed by atoms with Crippen LogP contribution in [0.15, 0.2) is 6.20 Å². The first kappa shape index (κ1) is 9.40. The van der Waals surface area contributed by atoms with Crippen LogP contribution in [0.3, 0.4) is 0 Å². The van der Waals surface area contributed by atoms with Gasteiger partial charge in [0.15, 0.2) is 5.15 Å². The smallest absolute Gasteiger partial charge is 0.179 e. The second-order valence-corrected chi connectivity index (χ2v) is 3.92. The van der Waals surface area contributed by atoms with E-state index < -0.39 is 0 Å². The van der Waals surface area contributed by atoms with Gasteiger partial charge in [-0.25, -0.2) is 0 Å². The third kappa shape index (κ3) is 1.26. The number of halogens is 1. The van der Waals surface area contributed by atoms with Gasteiger partial charge in [-0.1, -0.05) is 25.4 Å². The molecule has 0 atom stereocenters. The van der Waals surface area contributed by atoms with Crippen molar-refractivity contribution in [2.45, 2.75) is 19.8 Å². The molecule has 0 saturated heterocycles. The number of nitrogens with zero attached hydrogens (tertiary/aromatic N) is 4. The van der Waals surface area contributed by atoms with Crippen LogP contribution >= 0.6 is 11.6 Å². The zero-order chi connectivity index (χ0) is 10.3. The molecule has 2 aromatic heterocycles. The molecule has 2 rings (SSSR count). The van der Waals surface area contributed by atoms with E-state index in [1.807, 2.05) is 11.7 Å². The fourth-order valence-electron chi connectivity index (χ4n) is 1.70. The standard InChI is InChI=1S/C9H11ClN4/c1-5(2)8-6-4-11-12-9(10)7(6)13-14(8)3/h4-5H,1-3H3. The van der Waals surface area contributed by atoms with Crippen molar-refractivity contribution in [3.63, 3.8) is 0 Å². The lowest BCUT2D eigenvalue weighted by Crippen LogP contribution is -1.99. The van der Waals surface area contributed by atoms with Gasteiger partial charge in [0.1, 0.15) is 5.52 Å². The number of aromatic nitrogens is 4. The van der Waals surface area contributed by atoms with Gasteiger partial charge in [0.2, 0.25) is 0 Å². The molecule has 0 N–H and O–H groups in total. The van der Waals surface area contributed by atoms with Crippen LogP contribution < -0.4 is 0 Å². The summed E-state index contributed by atoms with van der Waals surface area (Å²) in [5, 5.41) is 13.3. The Bertz CT molecular complexity index is 475. The highest BCUT2D eigenvalue weighted by Crippen LogP contribution is 2.26. The molecule has 0 aromatic carbocycles. The lowest BCUT2D eigenvalue weighted by Gasteiger charge is -2.04. The zero-order valence-electron chi connectivity index (χ0n) is 8.32. The van der Waals surface area contributed by atoms with E-state index in [9.17, 15) is 0 Å². The molecule has 0 amide bonds. The number of hydrogen-bond acceptors (Lipinski definition) is 3. The fourth-order valence-corrected chi connectivity index (χ4v) is 1.89. The molecule has 0 aliphatic heterocycles. The summed E-state index contributed by atoms with van der Waals surface area (Å²) in [6, 6.07) is 0. The van der Waals surface area contributed by atoms with Gasteiger partial charge in [0.25, 0.3) is 0 Å². The van der Waals surface area contributed by atoms with E-state index in [4.69, 9.17) is 11.6 Å². The fraction of sp³-hybridized carbons (Fsp3) is 0.444. The molecule has 0 unspecified atom stereocenters. The quantitative estimate of drug-likeness (QED) is 0.725. The Morgan fingerprint density at radius 3 is 2.79 bits per heavy atom. The Morgan fingerprint density at radius 2 is 2.14 bits per heavy atom. The van der Waals surface area contributed by atoms with Crippen LogP contribution in [-0.2, 0) is 7.05 Å². The highest BCUT2D eigenvalue weighted by atomic mass is 35.5. The Kier molecular flexibility index (Phi) is 2.15. The number of rotatable bonds is 1. The van der Waals surface area contributed by atoms with Crippen LogP contribution in [0.5, 0.6) is 0 Å². The summed E-state index contributed by atoms with van der Waals surface area (Å²) in [5.41, 5.74) is 1.87. The van der Waals surface area contributed by atoms with Gasteiger partial charge in [0.05, 0.1) is 11.9 Å². The summed E-state index contributed by atoms with van der Waals surface area (Å²) in [4.78, 5) is 0. The van der Waals surface area contributed by atoms with Crippen molar-refractivity contribution < 1.29 is 0 Å². The SMILES string of the molecule is CC(C)c1c2cnnc(Cl)c2nn1C. The topological polar surface area (TPSA) is 43.6 Å². The van der Waals surface area contributed by atoms with Crippen LogP contribution in [0.1, 0.15) is 25.5 Å². The van der Waals surface area contributed by atoms with Gasteiger partial charge in [-0.15, -0.1) is 5.10 Å². The maximum atomic E-state index is 5.90. The van der Waals surface area contributed by atoms with Gasteiger partial charge in [-0.05, 0) is 5.92 Å². The van der Waals surface area contributed by atoms with Crippen molar-refractivity contribution in [3.05, 3.63) is 17.0 Å². The van der Waals surface area contributed by atoms with Crippen molar-refractivity contribution in [1.29, 1.82) is 0 Å². The van der Waals surface area contributed by atoms with E-state index in [1.165, 1.54) is 0 Å². The van der Waals surface area contributed by atoms with Crippen LogP contribution in [0.2, 0.25) is 5.15 Å². The van der Waals surface area contributed by atoms with Gasteiger partial charge < -0.3 is 0 Å². The lowest BCUT2D eigenvalue weighted by molar-refractivity contribution is 0.677. The second-order valence-electron chi connectivity index (χ2n) is 3.56. The average molecular weight is 211 g/mol. The highest BCUT2D eigenvalue weighted by Gasteiger charge is 2.14. The first-order valence-corrected chi connectivity index (χ1v) is 4.83. The molecular weight excluding hydrogens is 200 g/mol.